The number of nitrogen functional groups attached to an aromatic ring is 1. The molecule has 2 N–H and O–H groups in total. The van der Waals surface area contributed by atoms with E-state index in [1.807, 2.05) is 19.1 Å². The van der Waals surface area contributed by atoms with Gasteiger partial charge in [-0.25, -0.2) is 4.98 Å². The molecule has 0 amide bonds. The molecule has 0 aliphatic carbocycles. The SMILES string of the molecule is Cc1nc(Oc2cccc(Cl)c2)ccc1N. The maximum Gasteiger partial charge on any atom is 0.219 e. The number of halogens is 1. The van der Waals surface area contributed by atoms with Crippen LogP contribution >= 0.6 is 11.6 Å². The van der Waals surface area contributed by atoms with Crippen molar-refractivity contribution in [2.24, 2.45) is 0 Å². The molecule has 0 fully saturated rings. The van der Waals surface area contributed by atoms with Crippen molar-refractivity contribution in [2.75, 3.05) is 5.73 Å². The van der Waals surface area contributed by atoms with Crippen LogP contribution in [0.4, 0.5) is 5.69 Å². The van der Waals surface area contributed by atoms with Crippen molar-refractivity contribution in [1.29, 1.82) is 0 Å². The number of rotatable bonds is 2. The van der Waals surface area contributed by atoms with Crippen molar-refractivity contribution < 1.29 is 4.74 Å². The predicted octanol–water partition coefficient (Wildman–Crippen LogP) is 3.42. The number of aromatic nitrogens is 1. The lowest BCUT2D eigenvalue weighted by Gasteiger charge is -2.06. The Hall–Kier alpha value is -1.74. The molecule has 0 saturated carbocycles. The van der Waals surface area contributed by atoms with Crippen LogP contribution in [0.25, 0.3) is 0 Å². The molecule has 0 radical (unpaired) electrons. The lowest BCUT2D eigenvalue weighted by Crippen LogP contribution is -1.95. The smallest absolute Gasteiger partial charge is 0.219 e. The van der Waals surface area contributed by atoms with E-state index in [-0.39, 0.29) is 0 Å². The minimum absolute atomic E-state index is 0.508. The molecule has 2 rings (SSSR count). The zero-order valence-corrected chi connectivity index (χ0v) is 9.53. The average molecular weight is 235 g/mol. The van der Waals surface area contributed by atoms with Crippen molar-refractivity contribution in [3.8, 4) is 11.6 Å². The van der Waals surface area contributed by atoms with Crippen molar-refractivity contribution in [1.82, 2.24) is 4.98 Å². The molecule has 1 aromatic heterocycles. The van der Waals surface area contributed by atoms with Crippen LogP contribution in [-0.4, -0.2) is 4.98 Å². The molecule has 82 valence electrons. The van der Waals surface area contributed by atoms with E-state index in [2.05, 4.69) is 4.98 Å². The van der Waals surface area contributed by atoms with Gasteiger partial charge >= 0.3 is 0 Å². The summed E-state index contributed by atoms with van der Waals surface area (Å²) in [6.07, 6.45) is 0. The minimum atomic E-state index is 0.508. The van der Waals surface area contributed by atoms with E-state index < -0.39 is 0 Å². The summed E-state index contributed by atoms with van der Waals surface area (Å²) < 4.78 is 5.54. The number of anilines is 1. The fraction of sp³-hybridized carbons (Fsp3) is 0.0833. The standard InChI is InChI=1S/C12H11ClN2O/c1-8-11(14)5-6-12(15-8)16-10-4-2-3-9(13)7-10/h2-7H,14H2,1H3. The molecular formula is C12H11ClN2O. The number of benzene rings is 1. The second-order valence-corrected chi connectivity index (χ2v) is 3.82. The van der Waals surface area contributed by atoms with Gasteiger partial charge in [-0.3, -0.25) is 0 Å². The van der Waals surface area contributed by atoms with Crippen molar-refractivity contribution in [2.45, 2.75) is 6.92 Å². The maximum atomic E-state index is 5.85. The first-order valence-corrected chi connectivity index (χ1v) is 5.19. The molecule has 0 aliphatic heterocycles. The second-order valence-electron chi connectivity index (χ2n) is 3.38. The van der Waals surface area contributed by atoms with Crippen LogP contribution in [-0.2, 0) is 0 Å². The van der Waals surface area contributed by atoms with Gasteiger partial charge in [-0.05, 0) is 31.2 Å². The molecule has 4 heteroatoms. The molecule has 3 nitrogen and oxygen atoms in total. The second kappa shape index (κ2) is 4.41. The summed E-state index contributed by atoms with van der Waals surface area (Å²) in [5.41, 5.74) is 7.07. The van der Waals surface area contributed by atoms with Gasteiger partial charge in [0.15, 0.2) is 0 Å². The van der Waals surface area contributed by atoms with E-state index in [0.717, 1.165) is 5.69 Å². The fourth-order valence-corrected chi connectivity index (χ4v) is 1.44. The van der Waals surface area contributed by atoms with Crippen LogP contribution in [0.2, 0.25) is 5.02 Å². The Morgan fingerprint density at radius 2 is 2.06 bits per heavy atom. The average Bonchev–Trinajstić information content (AvgIpc) is 2.24. The Kier molecular flexibility index (Phi) is 2.97. The molecule has 0 atom stereocenters. The third-order valence-corrected chi connectivity index (χ3v) is 2.35. The number of aryl methyl sites for hydroxylation is 1. The first kappa shape index (κ1) is 10.8. The van der Waals surface area contributed by atoms with E-state index in [9.17, 15) is 0 Å². The largest absolute Gasteiger partial charge is 0.439 e. The Morgan fingerprint density at radius 1 is 1.25 bits per heavy atom. The molecule has 0 bridgehead atoms. The van der Waals surface area contributed by atoms with E-state index in [4.69, 9.17) is 22.1 Å². The van der Waals surface area contributed by atoms with Crippen LogP contribution in [0.1, 0.15) is 5.69 Å². The number of pyridine rings is 1. The Bertz CT molecular complexity index is 514. The molecule has 16 heavy (non-hydrogen) atoms. The van der Waals surface area contributed by atoms with Crippen LogP contribution in [0.15, 0.2) is 36.4 Å². The summed E-state index contributed by atoms with van der Waals surface area (Å²) in [6, 6.07) is 10.7. The molecule has 1 heterocycles. The minimum Gasteiger partial charge on any atom is -0.439 e. The summed E-state index contributed by atoms with van der Waals surface area (Å²) >= 11 is 5.85. The van der Waals surface area contributed by atoms with E-state index in [0.29, 0.717) is 22.3 Å². The summed E-state index contributed by atoms with van der Waals surface area (Å²) in [6.45, 7) is 1.83. The van der Waals surface area contributed by atoms with Gasteiger partial charge < -0.3 is 10.5 Å². The predicted molar refractivity (Wildman–Crippen MR) is 64.9 cm³/mol. The fourth-order valence-electron chi connectivity index (χ4n) is 1.26. The number of nitrogens with zero attached hydrogens (tertiary/aromatic N) is 1. The Labute approximate surface area is 98.8 Å². The number of ether oxygens (including phenoxy) is 1. The zero-order valence-electron chi connectivity index (χ0n) is 8.77. The lowest BCUT2D eigenvalue weighted by atomic mass is 10.3. The van der Waals surface area contributed by atoms with Gasteiger partial charge in [-0.15, -0.1) is 0 Å². The van der Waals surface area contributed by atoms with Gasteiger partial charge in [0.25, 0.3) is 0 Å². The lowest BCUT2D eigenvalue weighted by molar-refractivity contribution is 0.462. The maximum absolute atomic E-state index is 5.85. The zero-order chi connectivity index (χ0) is 11.5. The van der Waals surface area contributed by atoms with Gasteiger partial charge in [0.1, 0.15) is 5.75 Å². The Morgan fingerprint density at radius 3 is 2.75 bits per heavy atom. The molecule has 0 spiro atoms. The molecular weight excluding hydrogens is 224 g/mol. The highest BCUT2D eigenvalue weighted by Gasteiger charge is 2.01. The molecule has 0 saturated heterocycles. The highest BCUT2D eigenvalue weighted by Crippen LogP contribution is 2.23. The van der Waals surface area contributed by atoms with Crippen LogP contribution in [0.3, 0.4) is 0 Å². The van der Waals surface area contributed by atoms with Gasteiger partial charge in [-0.2, -0.15) is 0 Å². The van der Waals surface area contributed by atoms with E-state index >= 15 is 0 Å². The summed E-state index contributed by atoms with van der Waals surface area (Å²) in [5, 5.41) is 0.629. The topological polar surface area (TPSA) is 48.1 Å². The first-order valence-electron chi connectivity index (χ1n) is 4.82. The van der Waals surface area contributed by atoms with Gasteiger partial charge in [-0.1, -0.05) is 17.7 Å². The number of hydrogen-bond acceptors (Lipinski definition) is 3. The van der Waals surface area contributed by atoms with Crippen LogP contribution < -0.4 is 10.5 Å². The van der Waals surface area contributed by atoms with E-state index in [1.54, 1.807) is 24.3 Å². The molecule has 2 aromatic rings. The highest BCUT2D eigenvalue weighted by molar-refractivity contribution is 6.30. The van der Waals surface area contributed by atoms with Crippen molar-refractivity contribution >= 4 is 17.3 Å². The molecule has 0 aliphatic rings. The van der Waals surface area contributed by atoms with E-state index in [1.165, 1.54) is 0 Å². The highest BCUT2D eigenvalue weighted by atomic mass is 35.5. The number of nitrogens with two attached hydrogens (primary N) is 1. The van der Waals surface area contributed by atoms with Gasteiger partial charge in [0, 0.05) is 11.1 Å². The van der Waals surface area contributed by atoms with Crippen LogP contribution in [0, 0.1) is 6.92 Å². The quantitative estimate of drug-likeness (QED) is 0.866. The monoisotopic (exact) mass is 234 g/mol. The van der Waals surface area contributed by atoms with Crippen molar-refractivity contribution in [3.05, 3.63) is 47.1 Å². The normalized spacial score (nSPS) is 10.1. The first-order chi connectivity index (χ1) is 7.65. The summed E-state index contributed by atoms with van der Waals surface area (Å²) in [7, 11) is 0. The summed E-state index contributed by atoms with van der Waals surface area (Å²) in [4.78, 5) is 4.21. The molecule has 1 aromatic carbocycles. The number of hydrogen-bond donors (Lipinski definition) is 1. The third kappa shape index (κ3) is 2.44. The summed E-state index contributed by atoms with van der Waals surface area (Å²) in [5.74, 6) is 1.16. The van der Waals surface area contributed by atoms with Crippen molar-refractivity contribution in [3.63, 3.8) is 0 Å². The third-order valence-electron chi connectivity index (χ3n) is 2.12. The van der Waals surface area contributed by atoms with Gasteiger partial charge in [0.05, 0.1) is 11.4 Å². The van der Waals surface area contributed by atoms with Crippen LogP contribution in [0.5, 0.6) is 11.6 Å². The Balaban J connectivity index is 2.24. The van der Waals surface area contributed by atoms with Gasteiger partial charge in [0.2, 0.25) is 5.88 Å². The molecule has 0 unspecified atom stereocenters.